The molecule has 0 spiro atoms. The number of furan rings is 1. The minimum atomic E-state index is -0.599. The summed E-state index contributed by atoms with van der Waals surface area (Å²) in [6.45, 7) is 4.28. The zero-order chi connectivity index (χ0) is 17.6. The third-order valence-corrected chi connectivity index (χ3v) is 4.27. The molecule has 1 aromatic heterocycles. The molecule has 2 heterocycles. The number of benzene rings is 1. The molecule has 3 rings (SSSR count). The molecule has 1 aliphatic rings. The minimum absolute atomic E-state index is 0.0573. The van der Waals surface area contributed by atoms with Crippen LogP contribution in [0.1, 0.15) is 29.1 Å². The number of carbonyl (C=O) groups excluding carboxylic acids is 2. The van der Waals surface area contributed by atoms with E-state index in [9.17, 15) is 9.59 Å². The van der Waals surface area contributed by atoms with E-state index in [0.29, 0.717) is 38.5 Å². The van der Waals surface area contributed by atoms with Crippen molar-refractivity contribution < 1.29 is 18.7 Å². The lowest BCUT2D eigenvalue weighted by Crippen LogP contribution is -2.51. The largest absolute Gasteiger partial charge is 0.459 e. The highest BCUT2D eigenvalue weighted by Crippen LogP contribution is 2.21. The molecule has 0 radical (unpaired) electrons. The lowest BCUT2D eigenvalue weighted by molar-refractivity contribution is -0.145. The highest BCUT2D eigenvalue weighted by atomic mass is 16.5. The Bertz CT molecular complexity index is 691. The summed E-state index contributed by atoms with van der Waals surface area (Å²) in [5.74, 6) is 0.135. The zero-order valence-corrected chi connectivity index (χ0v) is 14.3. The molecule has 1 aliphatic heterocycles. The molecular weight excluding hydrogens is 320 g/mol. The number of amides is 2. The third kappa shape index (κ3) is 3.91. The Balaban J connectivity index is 1.63. The molecule has 6 heteroatoms. The van der Waals surface area contributed by atoms with Crippen LogP contribution in [0, 0.1) is 0 Å². The van der Waals surface area contributed by atoms with E-state index in [0.717, 1.165) is 5.56 Å². The van der Waals surface area contributed by atoms with Crippen LogP contribution in [-0.4, -0.2) is 54.4 Å². The highest BCUT2D eigenvalue weighted by molar-refractivity contribution is 5.91. The lowest BCUT2D eigenvalue weighted by Gasteiger charge is -2.36. The van der Waals surface area contributed by atoms with Gasteiger partial charge >= 0.3 is 0 Å². The number of hydrogen-bond acceptors (Lipinski definition) is 4. The van der Waals surface area contributed by atoms with Crippen molar-refractivity contribution in [2.45, 2.75) is 13.0 Å². The van der Waals surface area contributed by atoms with Gasteiger partial charge in [-0.2, -0.15) is 0 Å². The van der Waals surface area contributed by atoms with Gasteiger partial charge in [0.15, 0.2) is 11.9 Å². The predicted octanol–water partition coefficient (Wildman–Crippen LogP) is 2.34. The maximum Gasteiger partial charge on any atom is 0.289 e. The van der Waals surface area contributed by atoms with Gasteiger partial charge in [0.1, 0.15) is 0 Å². The normalized spacial score (nSPS) is 15.9. The molecule has 0 N–H and O–H groups in total. The number of ether oxygens (including phenoxy) is 1. The fraction of sp³-hybridized carbons (Fsp3) is 0.368. The third-order valence-electron chi connectivity index (χ3n) is 4.27. The number of nitrogens with zero attached hydrogens (tertiary/aromatic N) is 2. The van der Waals surface area contributed by atoms with Gasteiger partial charge in [0.25, 0.3) is 11.8 Å². The Labute approximate surface area is 147 Å². The summed E-state index contributed by atoms with van der Waals surface area (Å²) in [6.07, 6.45) is 0.887. The van der Waals surface area contributed by atoms with Crippen molar-refractivity contribution >= 4 is 11.8 Å². The smallest absolute Gasteiger partial charge is 0.289 e. The van der Waals surface area contributed by atoms with Crippen LogP contribution < -0.4 is 0 Å². The van der Waals surface area contributed by atoms with Crippen LogP contribution in [0.25, 0.3) is 0 Å². The summed E-state index contributed by atoms with van der Waals surface area (Å²) in [5.41, 5.74) is 0.850. The number of rotatable bonds is 5. The molecule has 0 aliphatic carbocycles. The molecule has 132 valence electrons. The van der Waals surface area contributed by atoms with Crippen molar-refractivity contribution in [3.8, 4) is 0 Å². The Hall–Kier alpha value is -2.60. The number of piperazine rings is 1. The fourth-order valence-corrected chi connectivity index (χ4v) is 2.96. The van der Waals surface area contributed by atoms with Crippen molar-refractivity contribution in [3.63, 3.8) is 0 Å². The van der Waals surface area contributed by atoms with Gasteiger partial charge in [-0.3, -0.25) is 9.59 Å². The zero-order valence-electron chi connectivity index (χ0n) is 14.3. The van der Waals surface area contributed by atoms with E-state index >= 15 is 0 Å². The van der Waals surface area contributed by atoms with Crippen molar-refractivity contribution in [3.05, 3.63) is 60.1 Å². The van der Waals surface area contributed by atoms with Crippen LogP contribution in [0.15, 0.2) is 53.1 Å². The summed E-state index contributed by atoms with van der Waals surface area (Å²) in [5, 5.41) is 0. The Morgan fingerprint density at radius 3 is 2.32 bits per heavy atom. The second-order valence-corrected chi connectivity index (χ2v) is 5.84. The molecule has 1 saturated heterocycles. The van der Waals surface area contributed by atoms with Gasteiger partial charge in [-0.25, -0.2) is 0 Å². The molecule has 1 fully saturated rings. The number of carbonyl (C=O) groups is 2. The maximum absolute atomic E-state index is 12.9. The van der Waals surface area contributed by atoms with E-state index in [1.807, 2.05) is 37.3 Å². The van der Waals surface area contributed by atoms with E-state index in [-0.39, 0.29) is 11.8 Å². The standard InChI is InChI=1S/C19H22N2O4/c1-2-24-17(15-7-4-3-5-8-15)19(23)21-12-10-20(11-13-21)18(22)16-9-6-14-25-16/h3-9,14,17H,2,10-13H2,1H3. The molecule has 6 nitrogen and oxygen atoms in total. The van der Waals surface area contributed by atoms with Gasteiger partial charge in [-0.1, -0.05) is 30.3 Å². The van der Waals surface area contributed by atoms with Gasteiger partial charge in [0.05, 0.1) is 6.26 Å². The van der Waals surface area contributed by atoms with E-state index in [4.69, 9.17) is 9.15 Å². The summed E-state index contributed by atoms with van der Waals surface area (Å²) in [6, 6.07) is 12.9. The molecule has 2 amide bonds. The molecule has 1 atom stereocenters. The van der Waals surface area contributed by atoms with Crippen molar-refractivity contribution in [2.75, 3.05) is 32.8 Å². The van der Waals surface area contributed by atoms with Gasteiger partial charge in [0.2, 0.25) is 0 Å². The molecule has 1 unspecified atom stereocenters. The van der Waals surface area contributed by atoms with Crippen molar-refractivity contribution in [1.82, 2.24) is 9.80 Å². The highest BCUT2D eigenvalue weighted by Gasteiger charge is 2.31. The molecule has 2 aromatic rings. The van der Waals surface area contributed by atoms with Crippen LogP contribution in [0.4, 0.5) is 0 Å². The van der Waals surface area contributed by atoms with Gasteiger partial charge < -0.3 is 19.0 Å². The van der Waals surface area contributed by atoms with E-state index in [2.05, 4.69) is 0 Å². The van der Waals surface area contributed by atoms with Crippen LogP contribution in [0.5, 0.6) is 0 Å². The fourth-order valence-electron chi connectivity index (χ4n) is 2.96. The van der Waals surface area contributed by atoms with Crippen LogP contribution in [0.2, 0.25) is 0 Å². The second kappa shape index (κ2) is 7.98. The molecule has 0 bridgehead atoms. The quantitative estimate of drug-likeness (QED) is 0.837. The average Bonchev–Trinajstić information content (AvgIpc) is 3.20. The van der Waals surface area contributed by atoms with E-state index in [1.165, 1.54) is 6.26 Å². The first-order chi connectivity index (χ1) is 12.2. The predicted molar refractivity (Wildman–Crippen MR) is 92.0 cm³/mol. The molecule has 1 aromatic carbocycles. The SMILES string of the molecule is CCOC(C(=O)N1CCN(C(=O)c2ccco2)CC1)c1ccccc1. The molecule has 0 saturated carbocycles. The Kier molecular flexibility index (Phi) is 5.50. The first-order valence-corrected chi connectivity index (χ1v) is 8.49. The summed E-state index contributed by atoms with van der Waals surface area (Å²) < 4.78 is 10.8. The Morgan fingerprint density at radius 2 is 1.72 bits per heavy atom. The second-order valence-electron chi connectivity index (χ2n) is 5.84. The van der Waals surface area contributed by atoms with Crippen molar-refractivity contribution in [2.24, 2.45) is 0 Å². The average molecular weight is 342 g/mol. The van der Waals surface area contributed by atoms with E-state index in [1.54, 1.807) is 21.9 Å². The topological polar surface area (TPSA) is 63.0 Å². The van der Waals surface area contributed by atoms with Crippen LogP contribution in [0.3, 0.4) is 0 Å². The van der Waals surface area contributed by atoms with Gasteiger partial charge in [-0.05, 0) is 24.6 Å². The van der Waals surface area contributed by atoms with Gasteiger partial charge in [0, 0.05) is 32.8 Å². The summed E-state index contributed by atoms with van der Waals surface area (Å²) >= 11 is 0. The van der Waals surface area contributed by atoms with Gasteiger partial charge in [-0.15, -0.1) is 0 Å². The van der Waals surface area contributed by atoms with Crippen LogP contribution in [-0.2, 0) is 9.53 Å². The molecule has 25 heavy (non-hydrogen) atoms. The minimum Gasteiger partial charge on any atom is -0.459 e. The maximum atomic E-state index is 12.9. The van der Waals surface area contributed by atoms with E-state index < -0.39 is 6.10 Å². The lowest BCUT2D eigenvalue weighted by atomic mass is 10.1. The monoisotopic (exact) mass is 342 g/mol. The Morgan fingerprint density at radius 1 is 1.04 bits per heavy atom. The summed E-state index contributed by atoms with van der Waals surface area (Å²) in [7, 11) is 0. The first kappa shape index (κ1) is 17.2. The van der Waals surface area contributed by atoms with Crippen LogP contribution >= 0.6 is 0 Å². The van der Waals surface area contributed by atoms with Crippen molar-refractivity contribution in [1.29, 1.82) is 0 Å². The summed E-state index contributed by atoms with van der Waals surface area (Å²) in [4.78, 5) is 28.6. The first-order valence-electron chi connectivity index (χ1n) is 8.49. The molecular formula is C19H22N2O4. The number of hydrogen-bond donors (Lipinski definition) is 0.